The lowest BCUT2D eigenvalue weighted by molar-refractivity contribution is 0.0686. The van der Waals surface area contributed by atoms with E-state index in [1.165, 1.54) is 115 Å². The number of hydrogen-bond acceptors (Lipinski definition) is 4. The van der Waals surface area contributed by atoms with E-state index in [2.05, 4.69) is 137 Å². The van der Waals surface area contributed by atoms with Crippen LogP contribution in [0.1, 0.15) is 63.7 Å². The Morgan fingerprint density at radius 1 is 0.211 bits per heavy atom. The van der Waals surface area contributed by atoms with E-state index in [9.17, 15) is 39.6 Å². The molecule has 0 aliphatic heterocycles. The predicted molar refractivity (Wildman–Crippen MR) is 303 cm³/mol. The van der Waals surface area contributed by atoms with Gasteiger partial charge in [-0.15, -0.1) is 0 Å². The number of carbonyl (C=O) groups is 4. The van der Waals surface area contributed by atoms with Gasteiger partial charge in [0.1, 0.15) is 0 Å². The molecule has 0 fully saturated rings. The summed E-state index contributed by atoms with van der Waals surface area (Å²) in [6.07, 6.45) is 0. The van der Waals surface area contributed by atoms with Crippen molar-refractivity contribution >= 4 is 23.9 Å². The van der Waals surface area contributed by atoms with Crippen molar-refractivity contribution in [2.75, 3.05) is 0 Å². The Bertz CT molecular complexity index is 3270. The van der Waals surface area contributed by atoms with Crippen molar-refractivity contribution in [3.05, 3.63) is 263 Å². The number of aromatic carboxylic acids is 4. The lowest BCUT2D eigenvalue weighted by Gasteiger charge is -2.19. The monoisotopic (exact) mass is 996 g/mol. The van der Waals surface area contributed by atoms with E-state index in [-0.39, 0.29) is 22.3 Å². The lowest BCUT2D eigenvalue weighted by Crippen LogP contribution is -1.98. The highest BCUT2D eigenvalue weighted by Gasteiger charge is 2.20. The van der Waals surface area contributed by atoms with Crippen LogP contribution in [0.5, 0.6) is 0 Å². The summed E-state index contributed by atoms with van der Waals surface area (Å²) in [5.74, 6) is -4.26. The molecule has 372 valence electrons. The van der Waals surface area contributed by atoms with Crippen LogP contribution in [0.25, 0.3) is 89.0 Å². The molecule has 0 spiro atoms. The molecule has 0 amide bonds. The Balaban J connectivity index is 0.000000190. The number of carboxylic acids is 4. The van der Waals surface area contributed by atoms with Crippen molar-refractivity contribution in [3.8, 4) is 89.0 Å². The summed E-state index contributed by atoms with van der Waals surface area (Å²) in [6.45, 7) is 8.57. The van der Waals surface area contributed by atoms with Gasteiger partial charge in [0.15, 0.2) is 0 Å². The van der Waals surface area contributed by atoms with Gasteiger partial charge in [-0.3, -0.25) is 0 Å². The average Bonchev–Trinajstić information content (AvgIpc) is 3.44. The molecule has 0 radical (unpaired) electrons. The summed E-state index contributed by atoms with van der Waals surface area (Å²) in [5, 5.41) is 37.6. The van der Waals surface area contributed by atoms with Crippen LogP contribution < -0.4 is 0 Å². The molecule has 0 unspecified atom stereocenters. The van der Waals surface area contributed by atoms with Gasteiger partial charge in [-0.2, -0.15) is 0 Å². The Kier molecular flexibility index (Phi) is 14.8. The minimum absolute atomic E-state index is 0.116. The second kappa shape index (κ2) is 22.1. The maximum absolute atomic E-state index is 11.5. The first-order valence-electron chi connectivity index (χ1n) is 24.6. The molecule has 8 heteroatoms. The van der Waals surface area contributed by atoms with Gasteiger partial charge in [0, 0.05) is 0 Å². The normalized spacial score (nSPS) is 10.8. The smallest absolute Gasteiger partial charge is 0.335 e. The van der Waals surface area contributed by atoms with Crippen LogP contribution in [-0.2, 0) is 0 Å². The van der Waals surface area contributed by atoms with Gasteiger partial charge in [-0.05, 0) is 190 Å². The molecule has 0 aromatic heterocycles. The molecule has 0 saturated heterocycles. The zero-order valence-electron chi connectivity index (χ0n) is 42.2. The third kappa shape index (κ3) is 11.3. The van der Waals surface area contributed by atoms with E-state index in [1.807, 2.05) is 12.1 Å². The Morgan fingerprint density at radius 2 is 0.329 bits per heavy atom. The fourth-order valence-electron chi connectivity index (χ4n) is 9.21. The number of aryl methyl sites for hydroxylation is 4. The predicted octanol–water partition coefficient (Wildman–Crippen LogP) is 16.7. The summed E-state index contributed by atoms with van der Waals surface area (Å²) in [6, 6.07) is 69.6. The summed E-state index contributed by atoms with van der Waals surface area (Å²) in [7, 11) is 0. The van der Waals surface area contributed by atoms with Crippen LogP contribution in [0.15, 0.2) is 218 Å². The van der Waals surface area contributed by atoms with Gasteiger partial charge in [0.25, 0.3) is 0 Å². The summed E-state index contributed by atoms with van der Waals surface area (Å²) in [5.41, 5.74) is 21.3. The molecule has 76 heavy (non-hydrogen) atoms. The molecular formula is C68H52O8. The maximum Gasteiger partial charge on any atom is 0.335 e. The van der Waals surface area contributed by atoms with Crippen LogP contribution in [0, 0.1) is 27.7 Å². The minimum Gasteiger partial charge on any atom is -0.478 e. The van der Waals surface area contributed by atoms with Crippen molar-refractivity contribution in [2.24, 2.45) is 0 Å². The first-order chi connectivity index (χ1) is 36.6. The van der Waals surface area contributed by atoms with Crippen LogP contribution in [0.3, 0.4) is 0 Å². The molecule has 8 nitrogen and oxygen atoms in total. The van der Waals surface area contributed by atoms with Gasteiger partial charge in [-0.25, -0.2) is 19.2 Å². The summed E-state index contributed by atoms with van der Waals surface area (Å²) in [4.78, 5) is 45.9. The standard InChI is InChI=1S/C34H22O8.C34H30/c35-31(36)23-9-1-19(2-10-23)27-17-29(21-5-13-25(14-6-21)33(39)40)30(22-7-15-26(16-8-22)34(41)42)18-28(27)20-3-11-24(12-4-20)32(37)38;1-23-5-13-27(14-6-23)31-21-33(29-17-9-25(3)10-18-29)34(30-19-11-26(4)12-20-30)22-32(31)28-15-7-24(2)8-16-28/h1-18H,(H,35,36)(H,37,38)(H,39,40)(H,41,42);5-22H,1-4H3. The topological polar surface area (TPSA) is 149 Å². The van der Waals surface area contributed by atoms with E-state index < -0.39 is 23.9 Å². The zero-order valence-corrected chi connectivity index (χ0v) is 42.2. The van der Waals surface area contributed by atoms with Gasteiger partial charge in [0.05, 0.1) is 22.3 Å². The quantitative estimate of drug-likeness (QED) is 0.0945. The molecule has 0 saturated carbocycles. The number of carboxylic acid groups (broad SMARTS) is 4. The third-order valence-electron chi connectivity index (χ3n) is 13.5. The highest BCUT2D eigenvalue weighted by atomic mass is 16.4. The molecule has 0 aliphatic carbocycles. The highest BCUT2D eigenvalue weighted by Crippen LogP contribution is 2.44. The molecule has 4 N–H and O–H groups in total. The third-order valence-corrected chi connectivity index (χ3v) is 13.5. The van der Waals surface area contributed by atoms with Crippen LogP contribution in [0.4, 0.5) is 0 Å². The molecule has 0 heterocycles. The first kappa shape index (κ1) is 51.0. The van der Waals surface area contributed by atoms with Crippen molar-refractivity contribution in [1.29, 1.82) is 0 Å². The molecule has 10 rings (SSSR count). The van der Waals surface area contributed by atoms with Gasteiger partial charge in [-0.1, -0.05) is 168 Å². The van der Waals surface area contributed by atoms with E-state index in [4.69, 9.17) is 0 Å². The van der Waals surface area contributed by atoms with E-state index in [1.54, 1.807) is 48.5 Å². The Labute approximate surface area is 441 Å². The van der Waals surface area contributed by atoms with Crippen molar-refractivity contribution < 1.29 is 39.6 Å². The molecule has 10 aromatic carbocycles. The van der Waals surface area contributed by atoms with Crippen LogP contribution >= 0.6 is 0 Å². The minimum atomic E-state index is -1.06. The Morgan fingerprint density at radius 3 is 0.447 bits per heavy atom. The Hall–Kier alpha value is -9.92. The van der Waals surface area contributed by atoms with Gasteiger partial charge in [0.2, 0.25) is 0 Å². The average molecular weight is 997 g/mol. The molecular weight excluding hydrogens is 945 g/mol. The largest absolute Gasteiger partial charge is 0.478 e. The van der Waals surface area contributed by atoms with E-state index in [0.717, 1.165) is 22.3 Å². The molecule has 10 aromatic rings. The van der Waals surface area contributed by atoms with Crippen molar-refractivity contribution in [2.45, 2.75) is 27.7 Å². The first-order valence-corrected chi connectivity index (χ1v) is 24.6. The van der Waals surface area contributed by atoms with Crippen molar-refractivity contribution in [1.82, 2.24) is 0 Å². The van der Waals surface area contributed by atoms with E-state index >= 15 is 0 Å². The molecule has 0 aliphatic rings. The number of benzene rings is 10. The van der Waals surface area contributed by atoms with E-state index in [0.29, 0.717) is 22.3 Å². The summed E-state index contributed by atoms with van der Waals surface area (Å²) < 4.78 is 0. The zero-order chi connectivity index (χ0) is 53.6. The number of hydrogen-bond donors (Lipinski definition) is 4. The summed E-state index contributed by atoms with van der Waals surface area (Å²) >= 11 is 0. The highest BCUT2D eigenvalue weighted by molar-refractivity contribution is 5.99. The SMILES string of the molecule is Cc1ccc(-c2cc(-c3ccc(C)cc3)c(-c3ccc(C)cc3)cc2-c2ccc(C)cc2)cc1.O=C(O)c1ccc(-c2cc(-c3ccc(C(=O)O)cc3)c(-c3ccc(C(=O)O)cc3)cc2-c2ccc(C(=O)O)cc2)cc1. The van der Waals surface area contributed by atoms with Crippen LogP contribution in [0.2, 0.25) is 0 Å². The van der Waals surface area contributed by atoms with Gasteiger partial charge >= 0.3 is 23.9 Å². The van der Waals surface area contributed by atoms with Gasteiger partial charge < -0.3 is 20.4 Å². The van der Waals surface area contributed by atoms with Crippen LogP contribution in [-0.4, -0.2) is 44.3 Å². The molecule has 0 bridgehead atoms. The van der Waals surface area contributed by atoms with Crippen molar-refractivity contribution in [3.63, 3.8) is 0 Å². The molecule has 0 atom stereocenters. The number of rotatable bonds is 12. The fourth-order valence-corrected chi connectivity index (χ4v) is 9.21. The second-order valence-corrected chi connectivity index (χ2v) is 18.9. The second-order valence-electron chi connectivity index (χ2n) is 18.9. The maximum atomic E-state index is 11.5. The lowest BCUT2D eigenvalue weighted by atomic mass is 9.85. The fraction of sp³-hybridized carbons (Fsp3) is 0.0588.